The summed E-state index contributed by atoms with van der Waals surface area (Å²) in [6, 6.07) is 1.15. The van der Waals surface area contributed by atoms with Crippen molar-refractivity contribution in [3.63, 3.8) is 0 Å². The maximum Gasteiger partial charge on any atom is 0.263 e. The van der Waals surface area contributed by atoms with Crippen molar-refractivity contribution in [1.29, 1.82) is 0 Å². The Bertz CT molecular complexity index is 66.1. The van der Waals surface area contributed by atoms with Crippen molar-refractivity contribution < 1.29 is 4.43 Å². The van der Waals surface area contributed by atoms with Gasteiger partial charge in [0.25, 0.3) is 8.48 Å². The second kappa shape index (κ2) is 1.58. The number of rotatable bonds is 0. The zero-order valence-electron chi connectivity index (χ0n) is 4.61. The standard InChI is InChI=1S/C4H11NOSi/c1-7(5)4-2-3-6-7/h2-5H2,1H3. The van der Waals surface area contributed by atoms with Gasteiger partial charge in [-0.2, -0.15) is 0 Å². The van der Waals surface area contributed by atoms with Gasteiger partial charge in [0.2, 0.25) is 0 Å². The highest BCUT2D eigenvalue weighted by molar-refractivity contribution is 6.69. The van der Waals surface area contributed by atoms with Crippen LogP contribution in [0, 0.1) is 0 Å². The van der Waals surface area contributed by atoms with E-state index in [4.69, 9.17) is 9.83 Å². The summed E-state index contributed by atoms with van der Waals surface area (Å²) >= 11 is 0. The Hall–Kier alpha value is 0.137. The largest absolute Gasteiger partial charge is 0.403 e. The third-order valence-electron chi connectivity index (χ3n) is 1.25. The zero-order chi connectivity index (χ0) is 5.33. The molecule has 1 aliphatic rings. The number of nitrogens with two attached hydrogens (primary N) is 1. The topological polar surface area (TPSA) is 35.2 Å². The van der Waals surface area contributed by atoms with Crippen LogP contribution < -0.4 is 5.40 Å². The molecule has 0 amide bonds. The van der Waals surface area contributed by atoms with Crippen LogP contribution in [0.2, 0.25) is 12.6 Å². The Kier molecular flexibility index (Phi) is 1.19. The summed E-state index contributed by atoms with van der Waals surface area (Å²) in [7, 11) is -1.54. The van der Waals surface area contributed by atoms with Crippen molar-refractivity contribution in [2.24, 2.45) is 5.40 Å². The van der Waals surface area contributed by atoms with Crippen molar-refractivity contribution >= 4 is 8.48 Å². The molecule has 42 valence electrons. The highest BCUT2D eigenvalue weighted by atomic mass is 28.4. The lowest BCUT2D eigenvalue weighted by Crippen LogP contribution is -2.41. The average molecular weight is 117 g/mol. The van der Waals surface area contributed by atoms with Crippen molar-refractivity contribution in [3.8, 4) is 0 Å². The van der Waals surface area contributed by atoms with E-state index >= 15 is 0 Å². The molecule has 2 N–H and O–H groups in total. The number of hydrogen-bond acceptors (Lipinski definition) is 2. The molecule has 1 aliphatic heterocycles. The van der Waals surface area contributed by atoms with Gasteiger partial charge >= 0.3 is 0 Å². The molecule has 0 radical (unpaired) electrons. The van der Waals surface area contributed by atoms with Crippen LogP contribution in [-0.2, 0) is 4.43 Å². The molecule has 0 aromatic carbocycles. The van der Waals surface area contributed by atoms with Gasteiger partial charge in [-0.25, -0.2) is 0 Å². The van der Waals surface area contributed by atoms with Gasteiger partial charge in [0.05, 0.1) is 0 Å². The van der Waals surface area contributed by atoms with E-state index in [0.29, 0.717) is 0 Å². The first-order valence-electron chi connectivity index (χ1n) is 2.64. The summed E-state index contributed by atoms with van der Waals surface area (Å²) in [5.74, 6) is 0. The molecule has 1 fully saturated rings. The van der Waals surface area contributed by atoms with E-state index in [2.05, 4.69) is 6.55 Å². The van der Waals surface area contributed by atoms with Crippen LogP contribution in [0.15, 0.2) is 0 Å². The van der Waals surface area contributed by atoms with Crippen molar-refractivity contribution in [2.45, 2.75) is 19.0 Å². The monoisotopic (exact) mass is 117 g/mol. The average Bonchev–Trinajstić information content (AvgIpc) is 1.84. The molecular formula is C4H11NOSi. The van der Waals surface area contributed by atoms with Crippen molar-refractivity contribution in [1.82, 2.24) is 0 Å². The third kappa shape index (κ3) is 1.26. The van der Waals surface area contributed by atoms with Crippen LogP contribution in [0.25, 0.3) is 0 Å². The van der Waals surface area contributed by atoms with Gasteiger partial charge in [-0.1, -0.05) is 0 Å². The van der Waals surface area contributed by atoms with E-state index in [1.165, 1.54) is 6.42 Å². The molecule has 1 saturated heterocycles. The molecule has 0 bridgehead atoms. The van der Waals surface area contributed by atoms with E-state index in [1.54, 1.807) is 0 Å². The van der Waals surface area contributed by atoms with Crippen LogP contribution in [0.3, 0.4) is 0 Å². The van der Waals surface area contributed by atoms with E-state index in [9.17, 15) is 0 Å². The SMILES string of the molecule is C[Si]1(N)CCCO1. The molecule has 7 heavy (non-hydrogen) atoms. The molecular weight excluding hydrogens is 106 g/mol. The van der Waals surface area contributed by atoms with Gasteiger partial charge in [0, 0.05) is 6.61 Å². The van der Waals surface area contributed by atoms with Crippen LogP contribution in [0.4, 0.5) is 0 Å². The van der Waals surface area contributed by atoms with Crippen LogP contribution in [0.5, 0.6) is 0 Å². The molecule has 2 nitrogen and oxygen atoms in total. The molecule has 0 saturated carbocycles. The summed E-state index contributed by atoms with van der Waals surface area (Å²) in [6.45, 7) is 2.96. The summed E-state index contributed by atoms with van der Waals surface area (Å²) < 4.78 is 5.26. The van der Waals surface area contributed by atoms with E-state index in [1.807, 2.05) is 0 Å². The molecule has 3 heteroatoms. The smallest absolute Gasteiger partial charge is 0.263 e. The molecule has 0 aliphatic carbocycles. The van der Waals surface area contributed by atoms with E-state index in [-0.39, 0.29) is 0 Å². The Labute approximate surface area is 44.9 Å². The van der Waals surface area contributed by atoms with E-state index < -0.39 is 8.48 Å². The second-order valence-corrected chi connectivity index (χ2v) is 5.68. The normalized spacial score (nSPS) is 42.0. The highest BCUT2D eigenvalue weighted by Gasteiger charge is 2.27. The lowest BCUT2D eigenvalue weighted by Gasteiger charge is -2.10. The second-order valence-electron chi connectivity index (χ2n) is 2.26. The highest BCUT2D eigenvalue weighted by Crippen LogP contribution is 2.14. The molecule has 0 aromatic heterocycles. The Balaban J connectivity index is 2.40. The molecule has 1 atom stereocenters. The van der Waals surface area contributed by atoms with Gasteiger partial charge in [0.1, 0.15) is 0 Å². The first-order chi connectivity index (χ1) is 3.21. The van der Waals surface area contributed by atoms with Crippen molar-refractivity contribution in [3.05, 3.63) is 0 Å². The van der Waals surface area contributed by atoms with E-state index in [0.717, 1.165) is 12.7 Å². The molecule has 1 unspecified atom stereocenters. The minimum absolute atomic E-state index is 0.902. The molecule has 0 spiro atoms. The van der Waals surface area contributed by atoms with Gasteiger partial charge in [-0.15, -0.1) is 0 Å². The van der Waals surface area contributed by atoms with Crippen molar-refractivity contribution in [2.75, 3.05) is 6.61 Å². The summed E-state index contributed by atoms with van der Waals surface area (Å²) in [4.78, 5) is 0. The maximum absolute atomic E-state index is 5.69. The fourth-order valence-electron chi connectivity index (χ4n) is 0.801. The fourth-order valence-corrected chi connectivity index (χ4v) is 2.40. The minimum Gasteiger partial charge on any atom is -0.403 e. The van der Waals surface area contributed by atoms with Crippen LogP contribution in [0.1, 0.15) is 6.42 Å². The van der Waals surface area contributed by atoms with Gasteiger partial charge < -0.3 is 9.83 Å². The maximum atomic E-state index is 5.69. The Morgan fingerprint density at radius 2 is 2.43 bits per heavy atom. The lowest BCUT2D eigenvalue weighted by molar-refractivity contribution is 0.347. The zero-order valence-corrected chi connectivity index (χ0v) is 5.61. The Morgan fingerprint density at radius 1 is 1.71 bits per heavy atom. The summed E-state index contributed by atoms with van der Waals surface area (Å²) in [6.07, 6.45) is 1.18. The van der Waals surface area contributed by atoms with Gasteiger partial charge in [-0.3, -0.25) is 0 Å². The van der Waals surface area contributed by atoms with Crippen LogP contribution >= 0.6 is 0 Å². The number of hydrogen-bond donors (Lipinski definition) is 1. The summed E-state index contributed by atoms with van der Waals surface area (Å²) in [5.41, 5.74) is 0. The first kappa shape index (κ1) is 5.28. The Morgan fingerprint density at radius 3 is 2.57 bits per heavy atom. The van der Waals surface area contributed by atoms with Crippen LogP contribution in [-0.4, -0.2) is 15.1 Å². The summed E-state index contributed by atoms with van der Waals surface area (Å²) in [5, 5.41) is 5.69. The third-order valence-corrected chi connectivity index (χ3v) is 3.46. The minimum atomic E-state index is -1.54. The molecule has 1 rings (SSSR count). The lowest BCUT2D eigenvalue weighted by atomic mass is 10.5. The predicted octanol–water partition coefficient (Wildman–Crippen LogP) is 0.437. The molecule has 0 aromatic rings. The first-order valence-corrected chi connectivity index (χ1v) is 5.33. The van der Waals surface area contributed by atoms with Gasteiger partial charge in [-0.05, 0) is 19.0 Å². The predicted molar refractivity (Wildman–Crippen MR) is 31.2 cm³/mol. The quantitative estimate of drug-likeness (QED) is 0.467. The fraction of sp³-hybridized carbons (Fsp3) is 1.00. The molecule has 1 heterocycles. The van der Waals surface area contributed by atoms with Gasteiger partial charge in [0.15, 0.2) is 0 Å².